The highest BCUT2D eigenvalue weighted by atomic mass is 16.5. The SMILES string of the molecule is C=CCOCNC(=O)CNC(=O)OCC1c2ccccc2-c2ccccc21. The number of alkyl carbamates (subject to hydrolysis) is 1. The number of carbonyl (C=O) groups is 2. The maximum Gasteiger partial charge on any atom is 0.407 e. The molecule has 0 bridgehead atoms. The van der Waals surface area contributed by atoms with E-state index in [0.29, 0.717) is 6.61 Å². The molecule has 2 aromatic carbocycles. The third-order valence-electron chi connectivity index (χ3n) is 4.34. The van der Waals surface area contributed by atoms with Gasteiger partial charge in [-0.15, -0.1) is 6.58 Å². The third kappa shape index (κ3) is 4.54. The molecule has 140 valence electrons. The molecular formula is C21H22N2O4. The fourth-order valence-electron chi connectivity index (χ4n) is 3.14. The predicted octanol–water partition coefficient (Wildman–Crippen LogP) is 2.80. The summed E-state index contributed by atoms with van der Waals surface area (Å²) < 4.78 is 10.4. The fourth-order valence-corrected chi connectivity index (χ4v) is 3.14. The van der Waals surface area contributed by atoms with Crippen molar-refractivity contribution in [3.8, 4) is 11.1 Å². The molecule has 0 saturated carbocycles. The van der Waals surface area contributed by atoms with Crippen molar-refractivity contribution in [3.63, 3.8) is 0 Å². The first-order chi connectivity index (χ1) is 13.2. The standard InChI is InChI=1S/C21H22N2O4/c1-2-11-26-14-23-20(24)12-22-21(25)27-13-19-17-9-5-3-7-15(17)16-8-4-6-10-18(16)19/h2-10,19H,1,11-14H2,(H,22,25)(H,23,24). The Morgan fingerprint density at radius 2 is 1.63 bits per heavy atom. The number of fused-ring (bicyclic) bond motifs is 3. The highest BCUT2D eigenvalue weighted by Crippen LogP contribution is 2.44. The van der Waals surface area contributed by atoms with Crippen LogP contribution in [0, 0.1) is 0 Å². The summed E-state index contributed by atoms with van der Waals surface area (Å²) in [5.74, 6) is -0.364. The zero-order chi connectivity index (χ0) is 19.1. The molecule has 0 unspecified atom stereocenters. The van der Waals surface area contributed by atoms with Gasteiger partial charge >= 0.3 is 6.09 Å². The molecule has 2 amide bonds. The first-order valence-electron chi connectivity index (χ1n) is 8.75. The number of rotatable bonds is 8. The average molecular weight is 366 g/mol. The van der Waals surface area contributed by atoms with E-state index in [0.717, 1.165) is 11.1 Å². The van der Waals surface area contributed by atoms with E-state index in [1.807, 2.05) is 24.3 Å². The summed E-state index contributed by atoms with van der Waals surface area (Å²) in [6, 6.07) is 16.2. The van der Waals surface area contributed by atoms with Crippen molar-refractivity contribution in [3.05, 3.63) is 72.3 Å². The summed E-state index contributed by atoms with van der Waals surface area (Å²) in [5.41, 5.74) is 4.62. The Morgan fingerprint density at radius 1 is 1.00 bits per heavy atom. The summed E-state index contributed by atoms with van der Waals surface area (Å²) >= 11 is 0. The second-order valence-corrected chi connectivity index (χ2v) is 6.08. The zero-order valence-corrected chi connectivity index (χ0v) is 14.9. The third-order valence-corrected chi connectivity index (χ3v) is 4.34. The minimum absolute atomic E-state index is 0.00993. The molecule has 0 aromatic heterocycles. The van der Waals surface area contributed by atoms with Crippen LogP contribution in [-0.4, -0.2) is 38.5 Å². The van der Waals surface area contributed by atoms with Gasteiger partial charge in [-0.2, -0.15) is 0 Å². The molecule has 0 radical (unpaired) electrons. The number of benzene rings is 2. The molecule has 0 spiro atoms. The lowest BCUT2D eigenvalue weighted by Crippen LogP contribution is -2.38. The molecule has 6 nitrogen and oxygen atoms in total. The molecule has 3 rings (SSSR count). The lowest BCUT2D eigenvalue weighted by Gasteiger charge is -2.14. The van der Waals surface area contributed by atoms with Crippen LogP contribution in [0.4, 0.5) is 4.79 Å². The van der Waals surface area contributed by atoms with Crippen LogP contribution in [0.2, 0.25) is 0 Å². The van der Waals surface area contributed by atoms with E-state index in [-0.39, 0.29) is 31.7 Å². The number of hydrogen-bond donors (Lipinski definition) is 2. The summed E-state index contributed by atoms with van der Waals surface area (Å²) in [5, 5.41) is 4.96. The van der Waals surface area contributed by atoms with E-state index in [1.54, 1.807) is 6.08 Å². The summed E-state index contributed by atoms with van der Waals surface area (Å²) in [4.78, 5) is 23.6. The van der Waals surface area contributed by atoms with E-state index in [2.05, 4.69) is 41.5 Å². The first-order valence-corrected chi connectivity index (χ1v) is 8.75. The summed E-state index contributed by atoms with van der Waals surface area (Å²) in [7, 11) is 0. The Morgan fingerprint density at radius 3 is 2.26 bits per heavy atom. The topological polar surface area (TPSA) is 76.7 Å². The molecular weight excluding hydrogens is 344 g/mol. The molecule has 0 fully saturated rings. The smallest absolute Gasteiger partial charge is 0.407 e. The van der Waals surface area contributed by atoms with Gasteiger partial charge in [-0.05, 0) is 22.3 Å². The van der Waals surface area contributed by atoms with Crippen LogP contribution in [-0.2, 0) is 14.3 Å². The summed E-state index contributed by atoms with van der Waals surface area (Å²) in [6.45, 7) is 3.96. The lowest BCUT2D eigenvalue weighted by atomic mass is 9.98. The molecule has 6 heteroatoms. The van der Waals surface area contributed by atoms with Gasteiger partial charge < -0.3 is 20.1 Å². The van der Waals surface area contributed by atoms with Crippen LogP contribution in [0.3, 0.4) is 0 Å². The Hall–Kier alpha value is -3.12. The quantitative estimate of drug-likeness (QED) is 0.428. The van der Waals surface area contributed by atoms with E-state index < -0.39 is 6.09 Å². The van der Waals surface area contributed by atoms with Crippen molar-refractivity contribution in [2.24, 2.45) is 0 Å². The second kappa shape index (κ2) is 9.00. The fraction of sp³-hybridized carbons (Fsp3) is 0.238. The Kier molecular flexibility index (Phi) is 6.22. The number of carbonyl (C=O) groups excluding carboxylic acids is 2. The predicted molar refractivity (Wildman–Crippen MR) is 102 cm³/mol. The van der Waals surface area contributed by atoms with Gasteiger partial charge in [0.15, 0.2) is 0 Å². The van der Waals surface area contributed by atoms with Crippen molar-refractivity contribution in [1.29, 1.82) is 0 Å². The Balaban J connectivity index is 1.51. The molecule has 0 saturated heterocycles. The average Bonchev–Trinajstić information content (AvgIpc) is 3.02. The van der Waals surface area contributed by atoms with Crippen molar-refractivity contribution in [2.75, 3.05) is 26.5 Å². The van der Waals surface area contributed by atoms with Crippen LogP contribution >= 0.6 is 0 Å². The van der Waals surface area contributed by atoms with Crippen LogP contribution in [0.5, 0.6) is 0 Å². The maximum absolute atomic E-state index is 11.9. The van der Waals surface area contributed by atoms with Crippen LogP contribution in [0.25, 0.3) is 11.1 Å². The van der Waals surface area contributed by atoms with Crippen LogP contribution < -0.4 is 10.6 Å². The van der Waals surface area contributed by atoms with Crippen molar-refractivity contribution < 1.29 is 19.1 Å². The van der Waals surface area contributed by atoms with Gasteiger partial charge in [0.25, 0.3) is 0 Å². The molecule has 0 atom stereocenters. The van der Waals surface area contributed by atoms with Gasteiger partial charge in [-0.25, -0.2) is 4.79 Å². The van der Waals surface area contributed by atoms with Gasteiger partial charge in [0, 0.05) is 5.92 Å². The number of nitrogens with one attached hydrogen (secondary N) is 2. The number of hydrogen-bond acceptors (Lipinski definition) is 4. The van der Waals surface area contributed by atoms with Gasteiger partial charge in [-0.3, -0.25) is 4.79 Å². The monoisotopic (exact) mass is 366 g/mol. The molecule has 2 aromatic rings. The molecule has 1 aliphatic carbocycles. The van der Waals surface area contributed by atoms with E-state index in [1.165, 1.54) is 11.1 Å². The van der Waals surface area contributed by atoms with E-state index >= 15 is 0 Å². The maximum atomic E-state index is 11.9. The van der Waals surface area contributed by atoms with Crippen LogP contribution in [0.1, 0.15) is 17.0 Å². The van der Waals surface area contributed by atoms with Gasteiger partial charge in [0.1, 0.15) is 19.9 Å². The van der Waals surface area contributed by atoms with Gasteiger partial charge in [0.2, 0.25) is 5.91 Å². The minimum atomic E-state index is -0.626. The Labute approximate surface area is 158 Å². The normalized spacial score (nSPS) is 12.0. The van der Waals surface area contributed by atoms with Crippen molar-refractivity contribution in [2.45, 2.75) is 5.92 Å². The van der Waals surface area contributed by atoms with E-state index in [9.17, 15) is 9.59 Å². The molecule has 0 aliphatic heterocycles. The highest BCUT2D eigenvalue weighted by Gasteiger charge is 2.28. The van der Waals surface area contributed by atoms with Gasteiger partial charge in [-0.1, -0.05) is 54.6 Å². The first kappa shape index (κ1) is 18.7. The molecule has 0 heterocycles. The zero-order valence-electron chi connectivity index (χ0n) is 14.9. The van der Waals surface area contributed by atoms with Crippen molar-refractivity contribution in [1.82, 2.24) is 10.6 Å². The molecule has 1 aliphatic rings. The molecule has 27 heavy (non-hydrogen) atoms. The van der Waals surface area contributed by atoms with Gasteiger partial charge in [0.05, 0.1) is 6.61 Å². The number of ether oxygens (including phenoxy) is 2. The second-order valence-electron chi connectivity index (χ2n) is 6.08. The highest BCUT2D eigenvalue weighted by molar-refractivity contribution is 5.82. The lowest BCUT2D eigenvalue weighted by molar-refractivity contribution is -0.121. The van der Waals surface area contributed by atoms with Crippen LogP contribution in [0.15, 0.2) is 61.2 Å². The Bertz CT molecular complexity index is 789. The largest absolute Gasteiger partial charge is 0.449 e. The minimum Gasteiger partial charge on any atom is -0.449 e. The van der Waals surface area contributed by atoms with Crippen molar-refractivity contribution >= 4 is 12.0 Å². The van der Waals surface area contributed by atoms with E-state index in [4.69, 9.17) is 9.47 Å². The number of amides is 2. The molecule has 2 N–H and O–H groups in total. The summed E-state index contributed by atoms with van der Waals surface area (Å²) in [6.07, 6.45) is 0.959.